The normalized spacial score (nSPS) is 19.3. The Morgan fingerprint density at radius 2 is 2.32 bits per heavy atom. The van der Waals surface area contributed by atoms with Gasteiger partial charge in [-0.25, -0.2) is 4.39 Å². The average molecular weight is 282 g/mol. The molecule has 1 fully saturated rings. The number of hydrogen-bond donors (Lipinski definition) is 1. The van der Waals surface area contributed by atoms with Gasteiger partial charge in [-0.15, -0.1) is 0 Å². The number of nitrogens with two attached hydrogens (primary N) is 1. The standard InChI is InChI=1S/C13H15FN2O2S/c1-8-2-3-9(10(14)6-8)13(17)16-4-5-18-11(7-16)12(15)19/h2-3,6,11H,4-5,7H2,1H3,(H2,15,19). The van der Waals surface area contributed by atoms with E-state index in [-0.39, 0.29) is 23.0 Å². The number of halogens is 1. The molecule has 0 radical (unpaired) electrons. The zero-order chi connectivity index (χ0) is 14.0. The molecule has 1 aromatic carbocycles. The van der Waals surface area contributed by atoms with E-state index in [0.29, 0.717) is 13.2 Å². The number of carbonyl (C=O) groups excluding carboxylic acids is 1. The molecule has 0 spiro atoms. The van der Waals surface area contributed by atoms with Crippen LogP contribution in [0.1, 0.15) is 15.9 Å². The predicted molar refractivity (Wildman–Crippen MR) is 73.6 cm³/mol. The fraction of sp³-hybridized carbons (Fsp3) is 0.385. The highest BCUT2D eigenvalue weighted by atomic mass is 32.1. The van der Waals surface area contributed by atoms with Gasteiger partial charge in [0.1, 0.15) is 16.9 Å². The topological polar surface area (TPSA) is 55.6 Å². The van der Waals surface area contributed by atoms with E-state index >= 15 is 0 Å². The molecule has 1 heterocycles. The monoisotopic (exact) mass is 282 g/mol. The quantitative estimate of drug-likeness (QED) is 0.830. The number of rotatable bonds is 2. The first-order chi connectivity index (χ1) is 8.99. The molecule has 0 aliphatic carbocycles. The molecule has 19 heavy (non-hydrogen) atoms. The number of hydrogen-bond acceptors (Lipinski definition) is 3. The third-order valence-corrected chi connectivity index (χ3v) is 3.29. The number of thiocarbonyl (C=S) groups is 1. The van der Waals surface area contributed by atoms with Crippen LogP contribution in [0.5, 0.6) is 0 Å². The van der Waals surface area contributed by atoms with Crippen LogP contribution in [0.15, 0.2) is 18.2 Å². The van der Waals surface area contributed by atoms with Crippen LogP contribution in [0, 0.1) is 12.7 Å². The van der Waals surface area contributed by atoms with Crippen LogP contribution in [-0.4, -0.2) is 41.6 Å². The van der Waals surface area contributed by atoms with Crippen LogP contribution < -0.4 is 5.73 Å². The molecule has 2 N–H and O–H groups in total. The first-order valence-corrected chi connectivity index (χ1v) is 6.36. The van der Waals surface area contributed by atoms with Crippen molar-refractivity contribution in [1.29, 1.82) is 0 Å². The minimum atomic E-state index is -0.511. The van der Waals surface area contributed by atoms with Crippen molar-refractivity contribution in [2.45, 2.75) is 13.0 Å². The van der Waals surface area contributed by atoms with Crippen molar-refractivity contribution in [3.8, 4) is 0 Å². The van der Waals surface area contributed by atoms with Crippen molar-refractivity contribution < 1.29 is 13.9 Å². The van der Waals surface area contributed by atoms with E-state index in [1.807, 2.05) is 0 Å². The van der Waals surface area contributed by atoms with Gasteiger partial charge in [-0.3, -0.25) is 4.79 Å². The molecule has 2 rings (SSSR count). The Morgan fingerprint density at radius 1 is 1.58 bits per heavy atom. The first-order valence-electron chi connectivity index (χ1n) is 5.95. The second kappa shape index (κ2) is 5.63. The fourth-order valence-electron chi connectivity index (χ4n) is 1.97. The summed E-state index contributed by atoms with van der Waals surface area (Å²) >= 11 is 4.86. The number of benzene rings is 1. The molecule has 4 nitrogen and oxygen atoms in total. The van der Waals surface area contributed by atoms with E-state index in [1.54, 1.807) is 13.0 Å². The molecule has 0 aromatic heterocycles. The maximum absolute atomic E-state index is 13.8. The third kappa shape index (κ3) is 3.08. The fourth-order valence-corrected chi connectivity index (χ4v) is 2.11. The lowest BCUT2D eigenvalue weighted by Gasteiger charge is -2.32. The van der Waals surface area contributed by atoms with Gasteiger partial charge in [0.05, 0.1) is 18.7 Å². The Labute approximate surface area is 116 Å². The van der Waals surface area contributed by atoms with Gasteiger partial charge in [0.15, 0.2) is 0 Å². The Hall–Kier alpha value is -1.53. The smallest absolute Gasteiger partial charge is 0.257 e. The number of morpholine rings is 1. The summed E-state index contributed by atoms with van der Waals surface area (Å²) in [5.74, 6) is -0.870. The van der Waals surface area contributed by atoms with Gasteiger partial charge in [0.2, 0.25) is 0 Å². The molecule has 1 amide bonds. The van der Waals surface area contributed by atoms with Gasteiger partial charge in [-0.1, -0.05) is 18.3 Å². The lowest BCUT2D eigenvalue weighted by molar-refractivity contribution is 0.00856. The minimum absolute atomic E-state index is 0.0641. The van der Waals surface area contributed by atoms with Crippen LogP contribution in [0.4, 0.5) is 4.39 Å². The van der Waals surface area contributed by atoms with Gasteiger partial charge in [0.25, 0.3) is 5.91 Å². The van der Waals surface area contributed by atoms with Crippen LogP contribution in [-0.2, 0) is 4.74 Å². The van der Waals surface area contributed by atoms with Crippen molar-refractivity contribution in [2.75, 3.05) is 19.7 Å². The zero-order valence-corrected chi connectivity index (χ0v) is 11.4. The number of carbonyl (C=O) groups is 1. The van der Waals surface area contributed by atoms with Gasteiger partial charge >= 0.3 is 0 Å². The minimum Gasteiger partial charge on any atom is -0.391 e. The van der Waals surface area contributed by atoms with Crippen LogP contribution >= 0.6 is 12.2 Å². The Bertz CT molecular complexity index is 521. The van der Waals surface area contributed by atoms with Crippen molar-refractivity contribution >= 4 is 23.1 Å². The summed E-state index contributed by atoms with van der Waals surface area (Å²) < 4.78 is 19.1. The summed E-state index contributed by atoms with van der Waals surface area (Å²) in [6.07, 6.45) is -0.457. The van der Waals surface area contributed by atoms with E-state index in [2.05, 4.69) is 0 Å². The molecular formula is C13H15FN2O2S. The molecule has 1 aromatic rings. The van der Waals surface area contributed by atoms with Crippen LogP contribution in [0.3, 0.4) is 0 Å². The summed E-state index contributed by atoms with van der Waals surface area (Å²) in [5.41, 5.74) is 6.35. The maximum atomic E-state index is 13.8. The molecule has 1 aliphatic rings. The van der Waals surface area contributed by atoms with Crippen molar-refractivity contribution in [3.05, 3.63) is 35.1 Å². The van der Waals surface area contributed by atoms with Gasteiger partial charge in [0, 0.05) is 6.54 Å². The highest BCUT2D eigenvalue weighted by molar-refractivity contribution is 7.80. The molecule has 0 bridgehead atoms. The molecule has 1 unspecified atom stereocenters. The van der Waals surface area contributed by atoms with Crippen LogP contribution in [0.25, 0.3) is 0 Å². The highest BCUT2D eigenvalue weighted by Gasteiger charge is 2.27. The Kier molecular flexibility index (Phi) is 4.11. The molecule has 1 atom stereocenters. The van der Waals surface area contributed by atoms with E-state index in [1.165, 1.54) is 17.0 Å². The number of nitrogens with zero attached hydrogens (tertiary/aromatic N) is 1. The Balaban J connectivity index is 2.17. The summed E-state index contributed by atoms with van der Waals surface area (Å²) in [6, 6.07) is 4.55. The van der Waals surface area contributed by atoms with E-state index in [0.717, 1.165) is 5.56 Å². The summed E-state index contributed by atoms with van der Waals surface area (Å²) in [5, 5.41) is 0. The molecule has 0 saturated carbocycles. The molecule has 1 aliphatic heterocycles. The Morgan fingerprint density at radius 3 is 2.95 bits per heavy atom. The molecule has 1 saturated heterocycles. The lowest BCUT2D eigenvalue weighted by atomic mass is 10.1. The second-order valence-electron chi connectivity index (χ2n) is 4.50. The van der Waals surface area contributed by atoms with Crippen molar-refractivity contribution in [3.63, 3.8) is 0 Å². The predicted octanol–water partition coefficient (Wildman–Crippen LogP) is 1.26. The number of aryl methyl sites for hydroxylation is 1. The van der Waals surface area contributed by atoms with Gasteiger partial charge in [-0.05, 0) is 24.6 Å². The summed E-state index contributed by atoms with van der Waals surface area (Å²) in [4.78, 5) is 14.0. The first kappa shape index (κ1) is 13.9. The summed E-state index contributed by atoms with van der Waals surface area (Å²) in [6.45, 7) is 2.79. The van der Waals surface area contributed by atoms with Gasteiger partial charge < -0.3 is 15.4 Å². The largest absolute Gasteiger partial charge is 0.391 e. The maximum Gasteiger partial charge on any atom is 0.257 e. The molecule has 6 heteroatoms. The van der Waals surface area contributed by atoms with Gasteiger partial charge in [-0.2, -0.15) is 0 Å². The second-order valence-corrected chi connectivity index (χ2v) is 4.97. The SMILES string of the molecule is Cc1ccc(C(=O)N2CCOC(C(N)=S)C2)c(F)c1. The molecular weight excluding hydrogens is 267 g/mol. The average Bonchev–Trinajstić information content (AvgIpc) is 2.38. The summed E-state index contributed by atoms with van der Waals surface area (Å²) in [7, 11) is 0. The number of ether oxygens (including phenoxy) is 1. The van der Waals surface area contributed by atoms with E-state index in [9.17, 15) is 9.18 Å². The van der Waals surface area contributed by atoms with E-state index < -0.39 is 11.9 Å². The van der Waals surface area contributed by atoms with Crippen molar-refractivity contribution in [1.82, 2.24) is 4.90 Å². The third-order valence-electron chi connectivity index (χ3n) is 3.03. The molecule has 102 valence electrons. The van der Waals surface area contributed by atoms with Crippen LogP contribution in [0.2, 0.25) is 0 Å². The lowest BCUT2D eigenvalue weighted by Crippen LogP contribution is -2.50. The van der Waals surface area contributed by atoms with E-state index in [4.69, 9.17) is 22.7 Å². The number of amides is 1. The highest BCUT2D eigenvalue weighted by Crippen LogP contribution is 2.15. The van der Waals surface area contributed by atoms with Crippen molar-refractivity contribution in [2.24, 2.45) is 5.73 Å². The zero-order valence-electron chi connectivity index (χ0n) is 10.6.